The largest absolute Gasteiger partial charge is 0.493 e. The molecule has 45 heavy (non-hydrogen) atoms. The summed E-state index contributed by atoms with van der Waals surface area (Å²) >= 11 is 0. The van der Waals surface area contributed by atoms with Gasteiger partial charge in [0.2, 0.25) is 5.91 Å². The molecule has 0 spiro atoms. The van der Waals surface area contributed by atoms with E-state index in [1.807, 2.05) is 79.7 Å². The van der Waals surface area contributed by atoms with Gasteiger partial charge in [0.05, 0.1) is 25.2 Å². The zero-order chi connectivity index (χ0) is 33.2. The topological polar surface area (TPSA) is 90.9 Å². The number of carbonyl (C=O) groups is 3. The van der Waals surface area contributed by atoms with Crippen molar-refractivity contribution in [1.29, 1.82) is 0 Å². The molecule has 3 aromatic carbocycles. The number of rotatable bonds is 16. The number of hydrogen-bond acceptors (Lipinski definition) is 6. The molecular formula is C38H49NO6. The van der Waals surface area contributed by atoms with E-state index in [0.717, 1.165) is 33.8 Å². The van der Waals surface area contributed by atoms with Gasteiger partial charge in [-0.2, -0.15) is 0 Å². The maximum Gasteiger partial charge on any atom is 0.316 e. The van der Waals surface area contributed by atoms with Gasteiger partial charge in [-0.15, -0.1) is 0 Å². The van der Waals surface area contributed by atoms with Crippen LogP contribution in [-0.4, -0.2) is 37.4 Å². The molecule has 7 nitrogen and oxygen atoms in total. The molecule has 0 aliphatic heterocycles. The lowest BCUT2D eigenvalue weighted by atomic mass is 9.87. The van der Waals surface area contributed by atoms with Crippen LogP contribution in [0.3, 0.4) is 0 Å². The molecule has 0 bridgehead atoms. The highest BCUT2D eigenvalue weighted by atomic mass is 16.5. The van der Waals surface area contributed by atoms with Gasteiger partial charge in [-0.3, -0.25) is 14.4 Å². The van der Waals surface area contributed by atoms with Crippen molar-refractivity contribution < 1.29 is 28.6 Å². The first kappa shape index (κ1) is 35.4. The third-order valence-corrected chi connectivity index (χ3v) is 8.06. The number of hydrogen-bond donors (Lipinski definition) is 1. The van der Waals surface area contributed by atoms with E-state index in [0.29, 0.717) is 50.2 Å². The molecule has 7 heteroatoms. The standard InChI is InChI=1S/C38H49NO6/c1-26-11-13-28(3)33(23-26)43-21-9-19-37(5,6)35(41)39-25-32(40)30-15-17-31(18-16-30)45-36(42)38(7,8)20-10-22-44-34-24-27(2)12-14-29(34)4/h11-18,23-24H,9-10,19-22,25H2,1-8H3,(H,39,41). The smallest absolute Gasteiger partial charge is 0.316 e. The monoisotopic (exact) mass is 615 g/mol. The van der Waals surface area contributed by atoms with Crippen molar-refractivity contribution in [3.05, 3.63) is 88.5 Å². The maximum absolute atomic E-state index is 12.9. The summed E-state index contributed by atoms with van der Waals surface area (Å²) in [6, 6.07) is 18.6. The first-order valence-electron chi connectivity index (χ1n) is 15.7. The second-order valence-corrected chi connectivity index (χ2v) is 13.2. The van der Waals surface area contributed by atoms with Crippen molar-refractivity contribution in [2.45, 2.75) is 81.1 Å². The van der Waals surface area contributed by atoms with Crippen LogP contribution in [0.15, 0.2) is 60.7 Å². The molecule has 0 aromatic heterocycles. The Morgan fingerprint density at radius 3 is 1.67 bits per heavy atom. The average Bonchev–Trinajstić information content (AvgIpc) is 2.99. The van der Waals surface area contributed by atoms with Crippen molar-refractivity contribution in [1.82, 2.24) is 5.32 Å². The third-order valence-electron chi connectivity index (χ3n) is 8.06. The second-order valence-electron chi connectivity index (χ2n) is 13.2. The number of ketones is 1. The van der Waals surface area contributed by atoms with E-state index in [1.54, 1.807) is 24.3 Å². The molecule has 0 unspecified atom stereocenters. The van der Waals surface area contributed by atoms with E-state index in [4.69, 9.17) is 14.2 Å². The number of ether oxygens (including phenoxy) is 3. The van der Waals surface area contributed by atoms with Crippen LogP contribution in [0.5, 0.6) is 17.2 Å². The predicted molar refractivity (Wildman–Crippen MR) is 178 cm³/mol. The van der Waals surface area contributed by atoms with E-state index >= 15 is 0 Å². The summed E-state index contributed by atoms with van der Waals surface area (Å²) in [6.07, 6.45) is 2.63. The Morgan fingerprint density at radius 2 is 1.16 bits per heavy atom. The summed E-state index contributed by atoms with van der Waals surface area (Å²) in [6.45, 7) is 16.4. The van der Waals surface area contributed by atoms with Gasteiger partial charge < -0.3 is 19.5 Å². The van der Waals surface area contributed by atoms with Gasteiger partial charge in [0.15, 0.2) is 5.78 Å². The fourth-order valence-corrected chi connectivity index (χ4v) is 4.79. The van der Waals surface area contributed by atoms with Crippen LogP contribution in [0.4, 0.5) is 0 Å². The van der Waals surface area contributed by atoms with Crippen molar-refractivity contribution in [2.24, 2.45) is 10.8 Å². The van der Waals surface area contributed by atoms with Gasteiger partial charge in [-0.05, 0) is 126 Å². The van der Waals surface area contributed by atoms with E-state index in [2.05, 4.69) is 17.4 Å². The first-order valence-corrected chi connectivity index (χ1v) is 15.7. The van der Waals surface area contributed by atoms with Gasteiger partial charge in [0.25, 0.3) is 0 Å². The average molecular weight is 616 g/mol. The Kier molecular flexibility index (Phi) is 12.4. The lowest BCUT2D eigenvalue weighted by Gasteiger charge is -2.23. The molecule has 0 atom stereocenters. The minimum absolute atomic E-state index is 0.114. The normalized spacial score (nSPS) is 11.6. The molecule has 0 radical (unpaired) electrons. The van der Waals surface area contributed by atoms with Crippen molar-refractivity contribution >= 4 is 17.7 Å². The molecule has 3 aromatic rings. The number of esters is 1. The highest BCUT2D eigenvalue weighted by Gasteiger charge is 2.30. The van der Waals surface area contributed by atoms with Crippen molar-refractivity contribution in [3.63, 3.8) is 0 Å². The Hall–Kier alpha value is -4.13. The summed E-state index contributed by atoms with van der Waals surface area (Å²) in [5.74, 6) is 1.34. The second kappa shape index (κ2) is 15.7. The van der Waals surface area contributed by atoms with E-state index in [1.165, 1.54) is 0 Å². The zero-order valence-electron chi connectivity index (χ0n) is 28.2. The Labute approximate surface area is 268 Å². The summed E-state index contributed by atoms with van der Waals surface area (Å²) in [5, 5.41) is 2.78. The Morgan fingerprint density at radius 1 is 0.667 bits per heavy atom. The predicted octanol–water partition coefficient (Wildman–Crippen LogP) is 7.90. The molecule has 1 amide bonds. The Balaban J connectivity index is 1.40. The summed E-state index contributed by atoms with van der Waals surface area (Å²) in [7, 11) is 0. The first-order chi connectivity index (χ1) is 21.2. The molecule has 3 rings (SSSR count). The molecule has 242 valence electrons. The van der Waals surface area contributed by atoms with Gasteiger partial charge >= 0.3 is 5.97 Å². The van der Waals surface area contributed by atoms with Gasteiger partial charge in [0, 0.05) is 11.0 Å². The van der Waals surface area contributed by atoms with Gasteiger partial charge in [-0.25, -0.2) is 0 Å². The molecule has 0 saturated heterocycles. The minimum Gasteiger partial charge on any atom is -0.493 e. The van der Waals surface area contributed by atoms with Gasteiger partial charge in [-0.1, -0.05) is 38.1 Å². The number of benzene rings is 3. The Bertz CT molecular complexity index is 1470. The number of Topliss-reactive ketones (excluding diaryl/α,β-unsaturated/α-hetero) is 1. The summed E-state index contributed by atoms with van der Waals surface area (Å²) < 4.78 is 17.5. The molecule has 0 aliphatic carbocycles. The van der Waals surface area contributed by atoms with Crippen LogP contribution < -0.4 is 19.5 Å². The SMILES string of the molecule is Cc1ccc(C)c(OCCCC(C)(C)C(=O)NCC(=O)c2ccc(OC(=O)C(C)(C)CCCOc3cc(C)ccc3C)cc2)c1. The molecule has 0 fully saturated rings. The number of aryl methyl sites for hydroxylation is 4. The van der Waals surface area contributed by atoms with E-state index < -0.39 is 10.8 Å². The van der Waals surface area contributed by atoms with Crippen LogP contribution in [0.1, 0.15) is 86.0 Å². The van der Waals surface area contributed by atoms with Crippen molar-refractivity contribution in [3.8, 4) is 17.2 Å². The number of nitrogens with one attached hydrogen (secondary N) is 1. The third kappa shape index (κ3) is 10.8. The quantitative estimate of drug-likeness (QED) is 0.0763. The molecule has 0 saturated carbocycles. The van der Waals surface area contributed by atoms with Crippen LogP contribution in [-0.2, 0) is 9.59 Å². The lowest BCUT2D eigenvalue weighted by molar-refractivity contribution is -0.144. The molecule has 0 heterocycles. The van der Waals surface area contributed by atoms with Crippen LogP contribution in [0.2, 0.25) is 0 Å². The van der Waals surface area contributed by atoms with E-state index in [-0.39, 0.29) is 24.2 Å². The number of carbonyl (C=O) groups excluding carboxylic acids is 3. The molecular weight excluding hydrogens is 566 g/mol. The lowest BCUT2D eigenvalue weighted by Crippen LogP contribution is -2.39. The minimum atomic E-state index is -0.706. The fourth-order valence-electron chi connectivity index (χ4n) is 4.79. The van der Waals surface area contributed by atoms with Crippen molar-refractivity contribution in [2.75, 3.05) is 19.8 Å². The van der Waals surface area contributed by atoms with Crippen LogP contribution >= 0.6 is 0 Å². The van der Waals surface area contributed by atoms with Gasteiger partial charge in [0.1, 0.15) is 17.2 Å². The number of amides is 1. The van der Waals surface area contributed by atoms with Crippen LogP contribution in [0.25, 0.3) is 0 Å². The highest BCUT2D eigenvalue weighted by Crippen LogP contribution is 2.28. The summed E-state index contributed by atoms with van der Waals surface area (Å²) in [5.41, 5.74) is 3.51. The van der Waals surface area contributed by atoms with Crippen LogP contribution in [0, 0.1) is 38.5 Å². The van der Waals surface area contributed by atoms with E-state index in [9.17, 15) is 14.4 Å². The summed E-state index contributed by atoms with van der Waals surface area (Å²) in [4.78, 5) is 38.5. The highest BCUT2D eigenvalue weighted by molar-refractivity contribution is 5.99. The fraction of sp³-hybridized carbons (Fsp3) is 0.447. The molecule has 1 N–H and O–H groups in total. The maximum atomic E-state index is 12.9. The zero-order valence-corrected chi connectivity index (χ0v) is 28.2. The molecule has 0 aliphatic rings.